The van der Waals surface area contributed by atoms with Crippen LogP contribution in [0.4, 0.5) is 11.4 Å². The van der Waals surface area contributed by atoms with E-state index in [2.05, 4.69) is 86.5 Å². The number of amides is 1. The summed E-state index contributed by atoms with van der Waals surface area (Å²) < 4.78 is 13.9. The normalized spacial score (nSPS) is 17.6. The highest BCUT2D eigenvalue weighted by Crippen LogP contribution is 2.38. The maximum atomic E-state index is 13.3. The molecule has 2 aliphatic rings. The van der Waals surface area contributed by atoms with E-state index in [0.717, 1.165) is 33.5 Å². The molecule has 9 heteroatoms. The molecule has 5 rings (SSSR count). The molecule has 6 nitrogen and oxygen atoms in total. The van der Waals surface area contributed by atoms with Crippen molar-refractivity contribution < 1.29 is 14.3 Å². The fourth-order valence-electron chi connectivity index (χ4n) is 4.72. The highest BCUT2D eigenvalue weighted by atomic mass is 127. The summed E-state index contributed by atoms with van der Waals surface area (Å²) in [6.07, 6.45) is 5.72. The zero-order valence-corrected chi connectivity index (χ0v) is 27.7. The van der Waals surface area contributed by atoms with Gasteiger partial charge in [0.05, 0.1) is 21.3 Å². The number of piperidine rings is 1. The molecular weight excluding hydrogens is 748 g/mol. The second-order valence-corrected chi connectivity index (χ2v) is 13.0. The number of halogens is 2. The lowest BCUT2D eigenvalue weighted by molar-refractivity contribution is -0.122. The van der Waals surface area contributed by atoms with Crippen LogP contribution < -0.4 is 14.4 Å². The van der Waals surface area contributed by atoms with Gasteiger partial charge in [0.2, 0.25) is 0 Å². The first-order chi connectivity index (χ1) is 19.4. The number of thioether (sulfide) groups is 1. The molecule has 0 atom stereocenters. The number of hydrogen-bond donors (Lipinski definition) is 0. The Morgan fingerprint density at radius 1 is 1.00 bits per heavy atom. The van der Waals surface area contributed by atoms with Gasteiger partial charge < -0.3 is 14.4 Å². The Hall–Kier alpha value is -2.25. The summed E-state index contributed by atoms with van der Waals surface area (Å²) in [4.78, 5) is 22.9. The Labute approximate surface area is 267 Å². The predicted molar refractivity (Wildman–Crippen MR) is 182 cm³/mol. The van der Waals surface area contributed by atoms with Gasteiger partial charge in [-0.15, -0.1) is 0 Å². The van der Waals surface area contributed by atoms with Crippen LogP contribution in [0.25, 0.3) is 6.08 Å². The van der Waals surface area contributed by atoms with Crippen LogP contribution >= 0.6 is 56.9 Å². The lowest BCUT2D eigenvalue weighted by Crippen LogP contribution is -2.29. The van der Waals surface area contributed by atoms with Gasteiger partial charge in [-0.3, -0.25) is 9.69 Å². The number of rotatable bonds is 8. The summed E-state index contributed by atoms with van der Waals surface area (Å²) in [7, 11) is 1.63. The predicted octanol–water partition coefficient (Wildman–Crippen LogP) is 8.10. The van der Waals surface area contributed by atoms with Crippen LogP contribution in [0, 0.1) is 7.14 Å². The minimum Gasteiger partial charge on any atom is -0.493 e. The zero-order chi connectivity index (χ0) is 28.1. The van der Waals surface area contributed by atoms with Gasteiger partial charge in [0.1, 0.15) is 6.61 Å². The third kappa shape index (κ3) is 6.96. The Bertz CT molecular complexity index is 1420. The van der Waals surface area contributed by atoms with Crippen molar-refractivity contribution in [3.05, 3.63) is 83.8 Å². The van der Waals surface area contributed by atoms with E-state index in [1.54, 1.807) is 12.0 Å². The quantitative estimate of drug-likeness (QED) is 0.171. The smallest absolute Gasteiger partial charge is 0.266 e. The number of ether oxygens (including phenoxy) is 2. The maximum absolute atomic E-state index is 13.3. The van der Waals surface area contributed by atoms with E-state index in [9.17, 15) is 4.79 Å². The molecule has 1 amide bonds. The first-order valence-corrected chi connectivity index (χ1v) is 16.3. The third-order valence-corrected chi connectivity index (χ3v) is 9.37. The number of benzene rings is 3. The number of carbonyl (C=O) groups is 1. The van der Waals surface area contributed by atoms with Crippen molar-refractivity contribution in [1.29, 1.82) is 0 Å². The maximum Gasteiger partial charge on any atom is 0.266 e. The summed E-state index contributed by atoms with van der Waals surface area (Å²) in [5.41, 5.74) is 4.05. The molecule has 0 aromatic heterocycles. The van der Waals surface area contributed by atoms with Crippen molar-refractivity contribution in [2.75, 3.05) is 31.6 Å². The third-order valence-electron chi connectivity index (χ3n) is 6.85. The van der Waals surface area contributed by atoms with E-state index in [4.69, 9.17) is 14.5 Å². The second-order valence-electron chi connectivity index (χ2n) is 9.57. The van der Waals surface area contributed by atoms with Gasteiger partial charge >= 0.3 is 0 Å². The summed E-state index contributed by atoms with van der Waals surface area (Å²) in [6.45, 7) is 5.20. The molecule has 0 bridgehead atoms. The fourth-order valence-corrected chi connectivity index (χ4v) is 6.92. The number of methoxy groups -OCH3 is 1. The van der Waals surface area contributed by atoms with Gasteiger partial charge in [-0.2, -0.15) is 0 Å². The van der Waals surface area contributed by atoms with E-state index < -0.39 is 0 Å². The van der Waals surface area contributed by atoms with E-state index in [-0.39, 0.29) is 5.91 Å². The molecule has 208 valence electrons. The van der Waals surface area contributed by atoms with Crippen molar-refractivity contribution in [1.82, 2.24) is 4.90 Å². The van der Waals surface area contributed by atoms with E-state index in [0.29, 0.717) is 34.7 Å². The van der Waals surface area contributed by atoms with Crippen molar-refractivity contribution in [3.63, 3.8) is 0 Å². The number of anilines is 1. The summed E-state index contributed by atoms with van der Waals surface area (Å²) in [5, 5.41) is 0.698. The molecule has 2 aliphatic heterocycles. The van der Waals surface area contributed by atoms with Gasteiger partial charge in [-0.05, 0) is 149 Å². The highest BCUT2D eigenvalue weighted by molar-refractivity contribution is 14.1. The van der Waals surface area contributed by atoms with Gasteiger partial charge in [-0.1, -0.05) is 12.1 Å². The molecule has 2 heterocycles. The minimum absolute atomic E-state index is 0.0378. The first kappa shape index (κ1) is 29.2. The molecule has 40 heavy (non-hydrogen) atoms. The standard InChI is InChI=1S/C31H31I2N3O3S/c1-3-36-30(37)28(40-31(36)34-24-11-13-25(14-12-24)35-15-5-4-6-16-35)19-22-17-26(33)29(27(18-22)38-2)39-20-21-7-9-23(32)10-8-21/h7-14,17-19H,3-6,15-16,20H2,1-2H3/b28-19-,34-31?. The average molecular weight is 779 g/mol. The molecule has 2 saturated heterocycles. The van der Waals surface area contributed by atoms with Crippen LogP contribution in [-0.4, -0.2) is 42.7 Å². The first-order valence-electron chi connectivity index (χ1n) is 13.3. The molecule has 0 saturated carbocycles. The molecule has 2 fully saturated rings. The Balaban J connectivity index is 1.34. The van der Waals surface area contributed by atoms with Gasteiger partial charge in [0.25, 0.3) is 5.91 Å². The van der Waals surface area contributed by atoms with Crippen LogP contribution in [0.5, 0.6) is 11.5 Å². The Morgan fingerprint density at radius 2 is 1.73 bits per heavy atom. The minimum atomic E-state index is -0.0378. The number of hydrogen-bond acceptors (Lipinski definition) is 6. The fraction of sp³-hybridized carbons (Fsp3) is 0.290. The highest BCUT2D eigenvalue weighted by Gasteiger charge is 2.32. The van der Waals surface area contributed by atoms with E-state index in [1.165, 1.54) is 40.3 Å². The largest absolute Gasteiger partial charge is 0.493 e. The summed E-state index contributed by atoms with van der Waals surface area (Å²) in [5.74, 6) is 1.29. The van der Waals surface area contributed by atoms with Crippen LogP contribution in [0.2, 0.25) is 0 Å². The number of carbonyl (C=O) groups excluding carboxylic acids is 1. The van der Waals surface area contributed by atoms with Gasteiger partial charge in [0, 0.05) is 28.9 Å². The van der Waals surface area contributed by atoms with Crippen LogP contribution in [0.15, 0.2) is 70.6 Å². The Morgan fingerprint density at radius 3 is 2.40 bits per heavy atom. The molecule has 3 aromatic rings. The van der Waals surface area contributed by atoms with Crippen LogP contribution in [0.3, 0.4) is 0 Å². The second kappa shape index (κ2) is 13.6. The van der Waals surface area contributed by atoms with Crippen molar-refractivity contribution in [2.45, 2.75) is 32.8 Å². The lowest BCUT2D eigenvalue weighted by Gasteiger charge is -2.28. The van der Waals surface area contributed by atoms with Crippen molar-refractivity contribution in [3.8, 4) is 11.5 Å². The molecule has 0 unspecified atom stereocenters. The topological polar surface area (TPSA) is 54.4 Å². The van der Waals surface area contributed by atoms with E-state index in [1.807, 2.05) is 37.3 Å². The van der Waals surface area contributed by atoms with E-state index >= 15 is 0 Å². The molecule has 0 aliphatic carbocycles. The van der Waals surface area contributed by atoms with Crippen LogP contribution in [0.1, 0.15) is 37.3 Å². The van der Waals surface area contributed by atoms with Crippen molar-refractivity contribution in [2.24, 2.45) is 4.99 Å². The zero-order valence-electron chi connectivity index (χ0n) is 22.5. The Kier molecular flexibility index (Phi) is 9.95. The number of amidine groups is 1. The molecule has 0 spiro atoms. The van der Waals surface area contributed by atoms with Gasteiger partial charge in [-0.25, -0.2) is 4.99 Å². The molecule has 0 radical (unpaired) electrons. The van der Waals surface area contributed by atoms with Crippen LogP contribution in [-0.2, 0) is 11.4 Å². The number of nitrogens with zero attached hydrogens (tertiary/aromatic N) is 3. The van der Waals surface area contributed by atoms with Gasteiger partial charge in [0.15, 0.2) is 16.7 Å². The monoisotopic (exact) mass is 779 g/mol. The molecule has 0 N–H and O–H groups in total. The SMILES string of the molecule is CCN1C(=O)/C(=C/c2cc(I)c(OCc3ccc(I)cc3)c(OC)c2)SC1=Nc1ccc(N2CCCCC2)cc1. The van der Waals surface area contributed by atoms with Crippen molar-refractivity contribution >= 4 is 85.5 Å². The number of aliphatic imine (C=N–C) groups is 1. The lowest BCUT2D eigenvalue weighted by atomic mass is 10.1. The summed E-state index contributed by atoms with van der Waals surface area (Å²) >= 11 is 5.96. The molecule has 3 aromatic carbocycles. The number of likely N-dealkylation sites (N-methyl/N-ethyl adjacent to an activating group) is 1. The summed E-state index contributed by atoms with van der Waals surface area (Å²) in [6, 6.07) is 20.5. The average Bonchev–Trinajstić information content (AvgIpc) is 3.26. The molecular formula is C31H31I2N3O3S.